The van der Waals surface area contributed by atoms with Crippen LogP contribution in [0, 0.1) is 11.6 Å². The molecule has 0 bridgehead atoms. The van der Waals surface area contributed by atoms with Crippen LogP contribution < -0.4 is 9.80 Å². The summed E-state index contributed by atoms with van der Waals surface area (Å²) in [6.07, 6.45) is 0. The molecule has 11 aromatic carbocycles. The molecule has 0 spiro atoms. The zero-order chi connectivity index (χ0) is 50.4. The monoisotopic (exact) mass is 971 g/mol. The molecule has 0 amide bonds. The van der Waals surface area contributed by atoms with Gasteiger partial charge in [-0.05, 0) is 148 Å². The summed E-state index contributed by atoms with van der Waals surface area (Å²) in [6.45, 7) is 4.64. The van der Waals surface area contributed by atoms with Gasteiger partial charge in [0.25, 0.3) is 0 Å². The number of benzene rings is 11. The molecule has 0 fully saturated rings. The standard InChI is InChI=1S/C69H47F2N3O/c1-69(2)62-28-11-9-27-56(62)57-34-31-54(43-63(57)69)72(53-32-37-65-61(42-53)59-35-36-60-58-33-30-48(71)41-66(58)75-68(60)67(59)74(65)49-21-7-4-8-22-49)50-23-14-19-46(39-50)55-26-10-12-29-64(55)73(52-25-15-20-47(70)40-52)51-24-13-18-45(38-51)44-16-5-3-6-17-44/h3-43H,1-2H3. The van der Waals surface area contributed by atoms with Crippen molar-refractivity contribution < 1.29 is 13.2 Å². The van der Waals surface area contributed by atoms with Crippen LogP contribution >= 0.6 is 0 Å². The number of furan rings is 1. The first-order chi connectivity index (χ1) is 36.8. The summed E-state index contributed by atoms with van der Waals surface area (Å²) in [6, 6.07) is 84.5. The first-order valence-corrected chi connectivity index (χ1v) is 25.4. The second kappa shape index (κ2) is 17.3. The summed E-state index contributed by atoms with van der Waals surface area (Å²) in [5.41, 5.74) is 18.6. The van der Waals surface area contributed by atoms with Crippen LogP contribution in [-0.2, 0) is 5.41 Å². The van der Waals surface area contributed by atoms with Gasteiger partial charge in [-0.1, -0.05) is 147 Å². The number of aromatic nitrogens is 1. The Balaban J connectivity index is 0.979. The van der Waals surface area contributed by atoms with E-state index in [0.29, 0.717) is 16.9 Å². The minimum atomic E-state index is -0.338. The van der Waals surface area contributed by atoms with Gasteiger partial charge in [0.05, 0.1) is 16.7 Å². The van der Waals surface area contributed by atoms with E-state index in [-0.39, 0.29) is 17.0 Å². The van der Waals surface area contributed by atoms with Crippen LogP contribution in [0.5, 0.6) is 0 Å². The van der Waals surface area contributed by atoms with Crippen molar-refractivity contribution in [2.75, 3.05) is 9.80 Å². The van der Waals surface area contributed by atoms with Crippen molar-refractivity contribution >= 4 is 77.9 Å². The summed E-state index contributed by atoms with van der Waals surface area (Å²) >= 11 is 0. The van der Waals surface area contributed by atoms with E-state index in [0.717, 1.165) is 89.0 Å². The fraction of sp³-hybridized carbons (Fsp3) is 0.0435. The smallest absolute Gasteiger partial charge is 0.160 e. The van der Waals surface area contributed by atoms with Gasteiger partial charge < -0.3 is 18.8 Å². The minimum absolute atomic E-state index is 0.236. The number of nitrogens with zero attached hydrogens (tertiary/aromatic N) is 3. The molecule has 4 nitrogen and oxygen atoms in total. The Morgan fingerprint density at radius 3 is 1.79 bits per heavy atom. The van der Waals surface area contributed by atoms with Crippen molar-refractivity contribution in [3.63, 3.8) is 0 Å². The maximum Gasteiger partial charge on any atom is 0.160 e. The van der Waals surface area contributed by atoms with Gasteiger partial charge in [-0.15, -0.1) is 0 Å². The normalized spacial score (nSPS) is 12.6. The molecule has 0 aliphatic heterocycles. The molecule has 0 saturated heterocycles. The number of rotatable bonds is 9. The Bertz CT molecular complexity index is 4380. The first kappa shape index (κ1) is 44.2. The summed E-state index contributed by atoms with van der Waals surface area (Å²) in [7, 11) is 0. The van der Waals surface area contributed by atoms with E-state index in [1.165, 1.54) is 40.5 Å². The molecule has 1 aliphatic carbocycles. The van der Waals surface area contributed by atoms with E-state index >= 15 is 4.39 Å². The van der Waals surface area contributed by atoms with Crippen molar-refractivity contribution in [2.24, 2.45) is 0 Å². The number of hydrogen-bond acceptors (Lipinski definition) is 3. The molecule has 2 aromatic heterocycles. The van der Waals surface area contributed by atoms with Crippen LogP contribution in [0.1, 0.15) is 25.0 Å². The Labute approximate surface area is 433 Å². The number of anilines is 6. The van der Waals surface area contributed by atoms with Crippen LogP contribution in [0.15, 0.2) is 253 Å². The number of halogens is 2. The lowest BCUT2D eigenvalue weighted by Gasteiger charge is -2.30. The second-order valence-corrected chi connectivity index (χ2v) is 20.0. The zero-order valence-electron chi connectivity index (χ0n) is 41.2. The van der Waals surface area contributed by atoms with Gasteiger partial charge in [-0.25, -0.2) is 8.78 Å². The third kappa shape index (κ3) is 7.24. The quantitative estimate of drug-likeness (QED) is 0.144. The fourth-order valence-electron chi connectivity index (χ4n) is 11.8. The molecule has 13 aromatic rings. The van der Waals surface area contributed by atoms with Gasteiger partial charge in [0, 0.05) is 72.7 Å². The molecule has 14 rings (SSSR count). The highest BCUT2D eigenvalue weighted by atomic mass is 19.1. The van der Waals surface area contributed by atoms with E-state index in [4.69, 9.17) is 4.42 Å². The van der Waals surface area contributed by atoms with Crippen LogP contribution in [0.3, 0.4) is 0 Å². The van der Waals surface area contributed by atoms with E-state index in [2.05, 4.69) is 204 Å². The molecule has 0 N–H and O–H groups in total. The lowest BCUT2D eigenvalue weighted by molar-refractivity contribution is 0.618. The summed E-state index contributed by atoms with van der Waals surface area (Å²) < 4.78 is 38.9. The largest absolute Gasteiger partial charge is 0.454 e. The summed E-state index contributed by atoms with van der Waals surface area (Å²) in [5.74, 6) is -0.649. The molecular weight excluding hydrogens is 925 g/mol. The zero-order valence-corrected chi connectivity index (χ0v) is 41.2. The van der Waals surface area contributed by atoms with Gasteiger partial charge in [-0.3, -0.25) is 0 Å². The van der Waals surface area contributed by atoms with E-state index in [1.807, 2.05) is 36.4 Å². The molecule has 0 unspecified atom stereocenters. The summed E-state index contributed by atoms with van der Waals surface area (Å²) in [5, 5.41) is 3.86. The van der Waals surface area contributed by atoms with E-state index < -0.39 is 0 Å². The second-order valence-electron chi connectivity index (χ2n) is 20.0. The molecule has 1 aliphatic rings. The number of para-hydroxylation sites is 2. The van der Waals surface area contributed by atoms with Crippen LogP contribution in [0.2, 0.25) is 0 Å². The Morgan fingerprint density at radius 1 is 0.387 bits per heavy atom. The molecule has 358 valence electrons. The SMILES string of the molecule is CC1(C)c2ccccc2-c2ccc(N(c3cccc(-c4ccccc4N(c4cccc(F)c4)c4cccc(-c5ccccc5)c4)c3)c3ccc4c(c3)c3ccc5c6ccc(F)cc6oc5c3n4-c3ccccc3)cc21. The van der Waals surface area contributed by atoms with E-state index in [1.54, 1.807) is 18.2 Å². The molecule has 0 saturated carbocycles. The number of fused-ring (bicyclic) bond motifs is 10. The maximum absolute atomic E-state index is 15.3. The average Bonchev–Trinajstić information content (AvgIpc) is 4.16. The average molecular weight is 972 g/mol. The molecule has 0 radical (unpaired) electrons. The highest BCUT2D eigenvalue weighted by Crippen LogP contribution is 2.52. The minimum Gasteiger partial charge on any atom is -0.454 e. The van der Waals surface area contributed by atoms with Gasteiger partial charge >= 0.3 is 0 Å². The molecule has 6 heteroatoms. The van der Waals surface area contributed by atoms with Gasteiger partial charge in [0.2, 0.25) is 0 Å². The molecular formula is C69H47F2N3O. The predicted octanol–water partition coefficient (Wildman–Crippen LogP) is 19.5. The third-order valence-corrected chi connectivity index (χ3v) is 15.2. The lowest BCUT2D eigenvalue weighted by atomic mass is 9.82. The van der Waals surface area contributed by atoms with Crippen molar-refractivity contribution in [3.05, 3.63) is 271 Å². The molecule has 75 heavy (non-hydrogen) atoms. The topological polar surface area (TPSA) is 24.6 Å². The molecule has 0 atom stereocenters. The van der Waals surface area contributed by atoms with Crippen molar-refractivity contribution in [3.8, 4) is 39.1 Å². The highest BCUT2D eigenvalue weighted by molar-refractivity contribution is 6.22. The molecule has 2 heterocycles. The van der Waals surface area contributed by atoms with E-state index in [9.17, 15) is 4.39 Å². The highest BCUT2D eigenvalue weighted by Gasteiger charge is 2.36. The van der Waals surface area contributed by atoms with Gasteiger partial charge in [-0.2, -0.15) is 0 Å². The van der Waals surface area contributed by atoms with Crippen LogP contribution in [0.4, 0.5) is 42.9 Å². The lowest BCUT2D eigenvalue weighted by Crippen LogP contribution is -2.16. The number of hydrogen-bond donors (Lipinski definition) is 0. The third-order valence-electron chi connectivity index (χ3n) is 15.2. The fourth-order valence-corrected chi connectivity index (χ4v) is 11.8. The van der Waals surface area contributed by atoms with Crippen molar-refractivity contribution in [1.82, 2.24) is 4.57 Å². The Kier molecular flexibility index (Phi) is 10.2. The predicted molar refractivity (Wildman–Crippen MR) is 306 cm³/mol. The Hall–Kier alpha value is -9.52. The maximum atomic E-state index is 15.3. The summed E-state index contributed by atoms with van der Waals surface area (Å²) in [4.78, 5) is 4.52. The van der Waals surface area contributed by atoms with Gasteiger partial charge in [0.15, 0.2) is 5.58 Å². The van der Waals surface area contributed by atoms with Crippen molar-refractivity contribution in [2.45, 2.75) is 19.3 Å². The van der Waals surface area contributed by atoms with Crippen molar-refractivity contribution in [1.29, 1.82) is 0 Å². The van der Waals surface area contributed by atoms with Gasteiger partial charge in [0.1, 0.15) is 17.2 Å². The van der Waals surface area contributed by atoms with Crippen LogP contribution in [-0.4, -0.2) is 4.57 Å². The van der Waals surface area contributed by atoms with Crippen LogP contribution in [0.25, 0.3) is 82.8 Å². The first-order valence-electron chi connectivity index (χ1n) is 25.4. The Morgan fingerprint density at radius 2 is 0.973 bits per heavy atom.